The van der Waals surface area contributed by atoms with E-state index in [0.29, 0.717) is 12.2 Å². The fourth-order valence-corrected chi connectivity index (χ4v) is 1.36. The molecule has 0 aliphatic carbocycles. The minimum Gasteiger partial charge on any atom is -0.387 e. The minimum absolute atomic E-state index is 0.491. The number of rotatable bonds is 4. The van der Waals surface area contributed by atoms with E-state index in [1.165, 1.54) is 4.90 Å². The fourth-order valence-electron chi connectivity index (χ4n) is 1.36. The number of nitrogens with zero attached hydrogens (tertiary/aromatic N) is 1. The highest BCUT2D eigenvalue weighted by Gasteiger charge is 2.09. The number of aliphatic hydroxyl groups is 1. The Morgan fingerprint density at radius 1 is 1.50 bits per heavy atom. The lowest BCUT2D eigenvalue weighted by Gasteiger charge is -2.16. The Hall–Kier alpha value is -1.59. The Morgan fingerprint density at radius 3 is 2.50 bits per heavy atom. The zero-order valence-electron chi connectivity index (χ0n) is 9.47. The number of aliphatic hydroxyl groups excluding tert-OH is 1. The number of anilines is 1. The predicted octanol–water partition coefficient (Wildman–Crippen LogP) is 0.454. The molecule has 0 bridgehead atoms. The van der Waals surface area contributed by atoms with Gasteiger partial charge in [-0.3, -0.25) is 4.90 Å². The number of nitrogens with one attached hydrogen (secondary N) is 1. The summed E-state index contributed by atoms with van der Waals surface area (Å²) >= 11 is 0. The van der Waals surface area contributed by atoms with Crippen LogP contribution >= 0.6 is 0 Å². The van der Waals surface area contributed by atoms with Gasteiger partial charge in [-0.2, -0.15) is 0 Å². The van der Waals surface area contributed by atoms with Crippen molar-refractivity contribution in [3.63, 3.8) is 0 Å². The van der Waals surface area contributed by atoms with Crippen molar-refractivity contribution in [1.29, 1.82) is 0 Å². The van der Waals surface area contributed by atoms with Gasteiger partial charge in [0, 0.05) is 19.3 Å². The summed E-state index contributed by atoms with van der Waals surface area (Å²) in [6.07, 6.45) is -0.544. The molecule has 0 fully saturated rings. The van der Waals surface area contributed by atoms with E-state index >= 15 is 0 Å². The normalized spacial score (nSPS) is 12.2. The van der Waals surface area contributed by atoms with Crippen molar-refractivity contribution in [2.45, 2.75) is 6.10 Å². The van der Waals surface area contributed by atoms with Crippen molar-refractivity contribution in [3.8, 4) is 0 Å². The molecule has 2 amide bonds. The van der Waals surface area contributed by atoms with Gasteiger partial charge in [0.05, 0.1) is 6.10 Å². The summed E-state index contributed by atoms with van der Waals surface area (Å²) in [6, 6.07) is 6.54. The highest BCUT2D eigenvalue weighted by atomic mass is 16.3. The van der Waals surface area contributed by atoms with Crippen molar-refractivity contribution >= 4 is 11.7 Å². The summed E-state index contributed by atoms with van der Waals surface area (Å²) in [5, 5.41) is 12.6. The van der Waals surface area contributed by atoms with Gasteiger partial charge >= 0.3 is 6.03 Å². The highest BCUT2D eigenvalue weighted by molar-refractivity contribution is 5.89. The molecule has 0 aliphatic heterocycles. The van der Waals surface area contributed by atoms with Crippen LogP contribution in [0.2, 0.25) is 0 Å². The van der Waals surface area contributed by atoms with Crippen LogP contribution in [0.1, 0.15) is 11.7 Å². The number of likely N-dealkylation sites (N-methyl/N-ethyl adjacent to an activating group) is 1. The summed E-state index contributed by atoms with van der Waals surface area (Å²) < 4.78 is 0. The molecule has 0 aromatic heterocycles. The maximum atomic E-state index is 10.9. The van der Waals surface area contributed by atoms with Crippen molar-refractivity contribution < 1.29 is 9.90 Å². The molecular weight excluding hydrogens is 206 g/mol. The van der Waals surface area contributed by atoms with Gasteiger partial charge in [0.25, 0.3) is 0 Å². The van der Waals surface area contributed by atoms with E-state index in [2.05, 4.69) is 5.32 Å². The average Bonchev–Trinajstić information content (AvgIpc) is 2.28. The first-order chi connectivity index (χ1) is 7.56. The number of carbonyl (C=O) groups is 1. The second kappa shape index (κ2) is 5.48. The van der Waals surface area contributed by atoms with Crippen molar-refractivity contribution in [2.24, 2.45) is 5.73 Å². The molecule has 1 unspecified atom stereocenters. The number of urea groups is 1. The molecule has 4 N–H and O–H groups in total. The summed E-state index contributed by atoms with van der Waals surface area (Å²) in [5.74, 6) is 0. The molecule has 0 saturated carbocycles. The van der Waals surface area contributed by atoms with Gasteiger partial charge in [-0.15, -0.1) is 0 Å². The molecule has 88 valence electrons. The number of nitrogens with two attached hydrogens (primary N) is 1. The van der Waals surface area contributed by atoms with Gasteiger partial charge in [-0.1, -0.05) is 12.1 Å². The van der Waals surface area contributed by atoms with Crippen LogP contribution in [0.5, 0.6) is 0 Å². The predicted molar refractivity (Wildman–Crippen MR) is 63.3 cm³/mol. The molecule has 0 spiro atoms. The first-order valence-electron chi connectivity index (χ1n) is 5.02. The van der Waals surface area contributed by atoms with Gasteiger partial charge in [-0.05, 0) is 24.7 Å². The molecule has 0 aliphatic rings. The van der Waals surface area contributed by atoms with E-state index in [4.69, 9.17) is 5.73 Å². The van der Waals surface area contributed by atoms with Crippen LogP contribution in [0.15, 0.2) is 24.3 Å². The van der Waals surface area contributed by atoms with Crippen molar-refractivity contribution in [2.75, 3.05) is 25.5 Å². The van der Waals surface area contributed by atoms with Crippen LogP contribution in [0.4, 0.5) is 10.5 Å². The Balaban J connectivity index is 2.78. The second-order valence-electron chi connectivity index (χ2n) is 3.56. The first-order valence-corrected chi connectivity index (χ1v) is 5.02. The maximum absolute atomic E-state index is 10.9. The number of hydrogen-bond acceptors (Lipinski definition) is 3. The van der Waals surface area contributed by atoms with Gasteiger partial charge in [0.15, 0.2) is 0 Å². The number of carbonyl (C=O) groups excluding carboxylic acids is 1. The van der Waals surface area contributed by atoms with Crippen LogP contribution in [-0.4, -0.2) is 31.8 Å². The van der Waals surface area contributed by atoms with Crippen LogP contribution in [0, 0.1) is 0 Å². The molecule has 5 nitrogen and oxygen atoms in total. The Labute approximate surface area is 94.9 Å². The largest absolute Gasteiger partial charge is 0.387 e. The standard InChI is InChI=1S/C11H17N3O2/c1-13-7-10(15)8-3-5-9(6-4-8)14(2)11(12)16/h3-6,10,13,15H,7H2,1-2H3,(H2,12,16). The Bertz CT molecular complexity index is 351. The highest BCUT2D eigenvalue weighted by Crippen LogP contribution is 2.17. The lowest BCUT2D eigenvalue weighted by atomic mass is 10.1. The third kappa shape index (κ3) is 2.95. The molecule has 1 rings (SSSR count). The van der Waals surface area contributed by atoms with Crippen molar-refractivity contribution in [3.05, 3.63) is 29.8 Å². The molecule has 0 radical (unpaired) electrons. The topological polar surface area (TPSA) is 78.6 Å². The molecule has 1 aromatic carbocycles. The monoisotopic (exact) mass is 223 g/mol. The SMILES string of the molecule is CNCC(O)c1ccc(N(C)C(N)=O)cc1. The van der Waals surface area contributed by atoms with E-state index in [9.17, 15) is 9.90 Å². The van der Waals surface area contributed by atoms with Crippen LogP contribution in [0.25, 0.3) is 0 Å². The van der Waals surface area contributed by atoms with Gasteiger partial charge < -0.3 is 16.2 Å². The van der Waals surface area contributed by atoms with Crippen LogP contribution < -0.4 is 16.0 Å². The number of hydrogen-bond donors (Lipinski definition) is 3. The van der Waals surface area contributed by atoms with Crippen LogP contribution in [-0.2, 0) is 0 Å². The number of amides is 2. The third-order valence-corrected chi connectivity index (χ3v) is 2.39. The fraction of sp³-hybridized carbons (Fsp3) is 0.364. The summed E-state index contributed by atoms with van der Waals surface area (Å²) in [4.78, 5) is 12.3. The number of benzene rings is 1. The average molecular weight is 223 g/mol. The van der Waals surface area contributed by atoms with Gasteiger partial charge in [0.2, 0.25) is 0 Å². The van der Waals surface area contributed by atoms with Gasteiger partial charge in [-0.25, -0.2) is 4.79 Å². The van der Waals surface area contributed by atoms with E-state index in [1.807, 2.05) is 0 Å². The molecule has 16 heavy (non-hydrogen) atoms. The Morgan fingerprint density at radius 2 is 2.06 bits per heavy atom. The maximum Gasteiger partial charge on any atom is 0.318 e. The van der Waals surface area contributed by atoms with E-state index in [-0.39, 0.29) is 0 Å². The smallest absolute Gasteiger partial charge is 0.318 e. The van der Waals surface area contributed by atoms with Gasteiger partial charge in [0.1, 0.15) is 0 Å². The zero-order valence-corrected chi connectivity index (χ0v) is 9.47. The Kier molecular flexibility index (Phi) is 4.28. The van der Waals surface area contributed by atoms with E-state index in [0.717, 1.165) is 5.56 Å². The molecule has 1 atom stereocenters. The van der Waals surface area contributed by atoms with Crippen molar-refractivity contribution in [1.82, 2.24) is 5.32 Å². The zero-order chi connectivity index (χ0) is 12.1. The minimum atomic E-state index is -0.544. The quantitative estimate of drug-likeness (QED) is 0.693. The van der Waals surface area contributed by atoms with Crippen LogP contribution in [0.3, 0.4) is 0 Å². The first kappa shape index (κ1) is 12.5. The summed E-state index contributed by atoms with van der Waals surface area (Å²) in [7, 11) is 3.37. The molecule has 0 heterocycles. The second-order valence-corrected chi connectivity index (χ2v) is 3.56. The molecule has 1 aromatic rings. The summed E-state index contributed by atoms with van der Waals surface area (Å²) in [6.45, 7) is 0.491. The third-order valence-electron chi connectivity index (χ3n) is 2.39. The molecular formula is C11H17N3O2. The van der Waals surface area contributed by atoms with E-state index in [1.54, 1.807) is 38.4 Å². The lowest BCUT2D eigenvalue weighted by Crippen LogP contribution is -2.31. The molecule has 0 saturated heterocycles. The van der Waals surface area contributed by atoms with E-state index < -0.39 is 12.1 Å². The number of primary amides is 1. The lowest BCUT2D eigenvalue weighted by molar-refractivity contribution is 0.178. The molecule has 5 heteroatoms. The summed E-state index contributed by atoms with van der Waals surface area (Å²) in [5.41, 5.74) is 6.64.